The molecular weight excluding hydrogens is 304 g/mol. The highest BCUT2D eigenvalue weighted by molar-refractivity contribution is 7.10. The average molecular weight is 324 g/mol. The highest BCUT2D eigenvalue weighted by Crippen LogP contribution is 2.27. The molecule has 0 aliphatic carbocycles. The van der Waals surface area contributed by atoms with E-state index in [1.54, 1.807) is 11.3 Å². The van der Waals surface area contributed by atoms with Gasteiger partial charge in [0, 0.05) is 17.4 Å². The first kappa shape index (κ1) is 15.6. The van der Waals surface area contributed by atoms with Crippen molar-refractivity contribution in [2.45, 2.75) is 20.3 Å². The Bertz CT molecular complexity index is 793. The normalized spacial score (nSPS) is 10.7. The van der Waals surface area contributed by atoms with Crippen LogP contribution in [0.15, 0.2) is 47.8 Å². The number of benzene rings is 2. The zero-order valence-corrected chi connectivity index (χ0v) is 14.2. The van der Waals surface area contributed by atoms with Gasteiger partial charge in [-0.05, 0) is 31.5 Å². The third-order valence-corrected chi connectivity index (χ3v) is 4.48. The first-order valence-electron chi connectivity index (χ1n) is 7.68. The molecule has 2 N–H and O–H groups in total. The van der Waals surface area contributed by atoms with Crippen LogP contribution in [-0.4, -0.2) is 11.6 Å². The highest BCUT2D eigenvalue weighted by Gasteiger charge is 2.07. The number of anilines is 1. The molecule has 0 unspecified atom stereocenters. The lowest BCUT2D eigenvalue weighted by molar-refractivity contribution is 0.342. The molecule has 0 saturated heterocycles. The highest BCUT2D eigenvalue weighted by atomic mass is 32.1. The molecule has 3 rings (SSSR count). The van der Waals surface area contributed by atoms with Crippen LogP contribution < -0.4 is 10.5 Å². The summed E-state index contributed by atoms with van der Waals surface area (Å²) in [5.74, 6) is 0.746. The van der Waals surface area contributed by atoms with Crippen molar-refractivity contribution in [3.8, 4) is 17.0 Å². The van der Waals surface area contributed by atoms with Crippen molar-refractivity contribution in [3.63, 3.8) is 0 Å². The van der Waals surface area contributed by atoms with Crippen molar-refractivity contribution in [1.82, 2.24) is 4.98 Å². The van der Waals surface area contributed by atoms with Gasteiger partial charge in [-0.15, -0.1) is 11.3 Å². The largest absolute Gasteiger partial charge is 0.492 e. The van der Waals surface area contributed by atoms with Gasteiger partial charge in [0.2, 0.25) is 0 Å². The van der Waals surface area contributed by atoms with Crippen LogP contribution in [0.5, 0.6) is 5.75 Å². The minimum absolute atomic E-state index is 0.621. The maximum atomic E-state index is 6.03. The second kappa shape index (κ2) is 6.84. The molecule has 0 atom stereocenters. The van der Waals surface area contributed by atoms with Crippen molar-refractivity contribution in [2.75, 3.05) is 12.3 Å². The minimum Gasteiger partial charge on any atom is -0.492 e. The molecule has 23 heavy (non-hydrogen) atoms. The van der Waals surface area contributed by atoms with Crippen molar-refractivity contribution in [3.05, 3.63) is 64.0 Å². The van der Waals surface area contributed by atoms with Gasteiger partial charge in [-0.25, -0.2) is 4.98 Å². The maximum Gasteiger partial charge on any atom is 0.142 e. The van der Waals surface area contributed by atoms with Gasteiger partial charge in [0.1, 0.15) is 5.75 Å². The van der Waals surface area contributed by atoms with Crippen molar-refractivity contribution >= 4 is 17.0 Å². The molecule has 4 heteroatoms. The van der Waals surface area contributed by atoms with Gasteiger partial charge in [-0.3, -0.25) is 0 Å². The molecule has 0 aliphatic heterocycles. The maximum absolute atomic E-state index is 6.03. The monoisotopic (exact) mass is 324 g/mol. The van der Waals surface area contributed by atoms with Gasteiger partial charge < -0.3 is 10.5 Å². The van der Waals surface area contributed by atoms with E-state index in [2.05, 4.69) is 36.6 Å². The van der Waals surface area contributed by atoms with E-state index < -0.39 is 0 Å². The molecule has 0 fully saturated rings. The van der Waals surface area contributed by atoms with E-state index in [0.717, 1.165) is 34.0 Å². The number of nitrogens with two attached hydrogens (primary N) is 1. The predicted octanol–water partition coefficient (Wildman–Crippen LogP) is 4.69. The van der Waals surface area contributed by atoms with Gasteiger partial charge in [0.05, 0.1) is 23.0 Å². The molecule has 0 radical (unpaired) electrons. The van der Waals surface area contributed by atoms with E-state index in [4.69, 9.17) is 15.5 Å². The molecule has 0 bridgehead atoms. The summed E-state index contributed by atoms with van der Waals surface area (Å²) in [6.45, 7) is 4.66. The molecule has 3 nitrogen and oxygen atoms in total. The molecule has 3 aromatic rings. The molecule has 2 aromatic carbocycles. The number of hydrogen-bond acceptors (Lipinski definition) is 4. The van der Waals surface area contributed by atoms with Crippen molar-refractivity contribution in [2.24, 2.45) is 0 Å². The Labute approximate surface area is 140 Å². The quantitative estimate of drug-likeness (QED) is 0.693. The van der Waals surface area contributed by atoms with E-state index in [0.29, 0.717) is 12.3 Å². The summed E-state index contributed by atoms with van der Waals surface area (Å²) in [6.07, 6.45) is 0.785. The summed E-state index contributed by atoms with van der Waals surface area (Å²) in [5.41, 5.74) is 11.3. The van der Waals surface area contributed by atoms with E-state index in [9.17, 15) is 0 Å². The summed E-state index contributed by atoms with van der Waals surface area (Å²) in [4.78, 5) is 4.74. The fraction of sp³-hybridized carbons (Fsp3) is 0.211. The second-order valence-electron chi connectivity index (χ2n) is 5.47. The van der Waals surface area contributed by atoms with Crippen molar-refractivity contribution in [1.29, 1.82) is 0 Å². The third-order valence-electron chi connectivity index (χ3n) is 3.63. The molecule has 0 amide bonds. The summed E-state index contributed by atoms with van der Waals surface area (Å²) in [6, 6.07) is 14.4. The third kappa shape index (κ3) is 3.71. The predicted molar refractivity (Wildman–Crippen MR) is 97.1 cm³/mol. The van der Waals surface area contributed by atoms with Crippen LogP contribution >= 0.6 is 11.3 Å². The number of aryl methyl sites for hydroxylation is 1. The van der Waals surface area contributed by atoms with Gasteiger partial charge >= 0.3 is 0 Å². The molecule has 118 valence electrons. The first-order valence-corrected chi connectivity index (χ1v) is 8.56. The summed E-state index contributed by atoms with van der Waals surface area (Å²) < 4.78 is 5.48. The summed E-state index contributed by atoms with van der Waals surface area (Å²) in [5, 5.41) is 3.20. The number of rotatable bonds is 5. The molecule has 0 saturated carbocycles. The van der Waals surface area contributed by atoms with E-state index in [1.165, 1.54) is 5.56 Å². The first-order chi connectivity index (χ1) is 11.2. The van der Waals surface area contributed by atoms with Crippen LogP contribution in [0.1, 0.15) is 23.1 Å². The lowest BCUT2D eigenvalue weighted by Crippen LogP contribution is -1.98. The Balaban J connectivity index is 1.76. The lowest BCUT2D eigenvalue weighted by atomic mass is 10.1. The van der Waals surface area contributed by atoms with Crippen LogP contribution in [0.4, 0.5) is 5.69 Å². The SMILES string of the molecule is CCOc1ccc(Cc2nc(-c3ccc(C)cc3)cs2)cc1N. The Hall–Kier alpha value is -2.33. The van der Waals surface area contributed by atoms with E-state index in [1.807, 2.05) is 25.1 Å². The smallest absolute Gasteiger partial charge is 0.142 e. The van der Waals surface area contributed by atoms with Gasteiger partial charge in [-0.2, -0.15) is 0 Å². The number of nitrogen functional groups attached to an aromatic ring is 1. The Kier molecular flexibility index (Phi) is 4.63. The fourth-order valence-electron chi connectivity index (χ4n) is 2.42. The van der Waals surface area contributed by atoms with E-state index in [-0.39, 0.29) is 0 Å². The zero-order chi connectivity index (χ0) is 16.2. The van der Waals surface area contributed by atoms with Gasteiger partial charge in [0.15, 0.2) is 0 Å². The number of hydrogen-bond donors (Lipinski definition) is 1. The zero-order valence-electron chi connectivity index (χ0n) is 13.4. The molecule has 0 aliphatic rings. The number of ether oxygens (including phenoxy) is 1. The molecular formula is C19H20N2OS. The van der Waals surface area contributed by atoms with E-state index >= 15 is 0 Å². The molecule has 0 spiro atoms. The number of aromatic nitrogens is 1. The van der Waals surface area contributed by atoms with Crippen molar-refractivity contribution < 1.29 is 4.74 Å². The topological polar surface area (TPSA) is 48.1 Å². The minimum atomic E-state index is 0.621. The summed E-state index contributed by atoms with van der Waals surface area (Å²) in [7, 11) is 0. The Morgan fingerprint density at radius 1 is 1.13 bits per heavy atom. The number of nitrogens with zero attached hydrogens (tertiary/aromatic N) is 1. The average Bonchev–Trinajstić information content (AvgIpc) is 2.99. The molecule has 1 aromatic heterocycles. The standard InChI is InChI=1S/C19H20N2OS/c1-3-22-18-9-6-14(10-16(18)20)11-19-21-17(12-23-19)15-7-4-13(2)5-8-15/h4-10,12H,3,11,20H2,1-2H3. The Morgan fingerprint density at radius 3 is 2.61 bits per heavy atom. The molecule has 1 heterocycles. The fourth-order valence-corrected chi connectivity index (χ4v) is 3.26. The second-order valence-corrected chi connectivity index (χ2v) is 6.42. The summed E-state index contributed by atoms with van der Waals surface area (Å²) >= 11 is 1.68. The lowest BCUT2D eigenvalue weighted by Gasteiger charge is -2.08. The van der Waals surface area contributed by atoms with Crippen LogP contribution in [0.25, 0.3) is 11.3 Å². The van der Waals surface area contributed by atoms with Crippen LogP contribution in [0.2, 0.25) is 0 Å². The van der Waals surface area contributed by atoms with Crippen LogP contribution in [-0.2, 0) is 6.42 Å². The number of thiazole rings is 1. The van der Waals surface area contributed by atoms with Gasteiger partial charge in [-0.1, -0.05) is 35.9 Å². The van der Waals surface area contributed by atoms with Gasteiger partial charge in [0.25, 0.3) is 0 Å². The Morgan fingerprint density at radius 2 is 1.91 bits per heavy atom. The van der Waals surface area contributed by atoms with Crippen LogP contribution in [0.3, 0.4) is 0 Å². The van der Waals surface area contributed by atoms with Crippen LogP contribution in [0, 0.1) is 6.92 Å².